The van der Waals surface area contributed by atoms with Crippen LogP contribution < -0.4 is 4.90 Å². The fourth-order valence-electron chi connectivity index (χ4n) is 5.63. The molecule has 0 radical (unpaired) electrons. The number of aliphatic hydroxyl groups is 3. The van der Waals surface area contributed by atoms with Gasteiger partial charge in [-0.05, 0) is 67.2 Å². The standard InChI is InChI=1S/C29H32BrNO6/c1-2-17(12-18-13-20(30)9-11-24(18)34)8-10-25(35)26-19(15-32)14-22-27(23(26)16-33)29(37)31(28(22)36)21-6-4-3-5-7-21/h3-7,9,11-13,22-23,25,27,32-35H,2,8,10,14-16H2,1H3/b17-12+/t22-,23+,25-,27-/m1/s1. The van der Waals surface area contributed by atoms with Gasteiger partial charge in [-0.25, -0.2) is 0 Å². The average Bonchev–Trinajstić information content (AvgIpc) is 3.16. The Hall–Kier alpha value is -2.78. The number of aliphatic hydroxyl groups excluding tert-OH is 3. The van der Waals surface area contributed by atoms with Gasteiger partial charge in [-0.15, -0.1) is 0 Å². The number of hydrogen-bond acceptors (Lipinski definition) is 6. The summed E-state index contributed by atoms with van der Waals surface area (Å²) < 4.78 is 0.840. The van der Waals surface area contributed by atoms with Crippen LogP contribution in [-0.2, 0) is 9.59 Å². The maximum atomic E-state index is 13.4. The third kappa shape index (κ3) is 5.43. The smallest absolute Gasteiger partial charge is 0.238 e. The normalized spacial score (nSPS) is 23.0. The third-order valence-electron chi connectivity index (χ3n) is 7.49. The molecular weight excluding hydrogens is 538 g/mol. The minimum Gasteiger partial charge on any atom is -0.507 e. The highest BCUT2D eigenvalue weighted by Crippen LogP contribution is 2.47. The van der Waals surface area contributed by atoms with E-state index in [1.807, 2.05) is 19.1 Å². The number of anilines is 1. The van der Waals surface area contributed by atoms with E-state index in [1.54, 1.807) is 42.5 Å². The van der Waals surface area contributed by atoms with Crippen molar-refractivity contribution in [2.75, 3.05) is 18.1 Å². The number of phenolic OH excluding ortho intramolecular Hbond substituents is 1. The van der Waals surface area contributed by atoms with Crippen LogP contribution in [0.25, 0.3) is 6.08 Å². The van der Waals surface area contributed by atoms with Crippen molar-refractivity contribution in [3.63, 3.8) is 0 Å². The van der Waals surface area contributed by atoms with Gasteiger partial charge in [-0.2, -0.15) is 0 Å². The van der Waals surface area contributed by atoms with Crippen molar-refractivity contribution >= 4 is 39.5 Å². The Morgan fingerprint density at radius 2 is 1.86 bits per heavy atom. The van der Waals surface area contributed by atoms with Crippen LogP contribution in [0.15, 0.2) is 69.7 Å². The molecule has 8 heteroatoms. The number of aromatic hydroxyl groups is 1. The first-order valence-electron chi connectivity index (χ1n) is 12.5. The van der Waals surface area contributed by atoms with Gasteiger partial charge in [-0.1, -0.05) is 52.7 Å². The molecule has 4 atom stereocenters. The summed E-state index contributed by atoms with van der Waals surface area (Å²) in [5.41, 5.74) is 3.12. The predicted octanol–water partition coefficient (Wildman–Crippen LogP) is 4.20. The Morgan fingerprint density at radius 3 is 2.51 bits per heavy atom. The van der Waals surface area contributed by atoms with E-state index in [2.05, 4.69) is 15.9 Å². The molecule has 2 aromatic rings. The molecule has 1 fully saturated rings. The van der Waals surface area contributed by atoms with Gasteiger partial charge in [0.15, 0.2) is 0 Å². The van der Waals surface area contributed by atoms with Crippen LogP contribution in [0.4, 0.5) is 5.69 Å². The lowest BCUT2D eigenvalue weighted by molar-refractivity contribution is -0.123. The number of para-hydroxylation sites is 1. The number of phenols is 1. The van der Waals surface area contributed by atoms with Crippen molar-refractivity contribution in [2.45, 2.75) is 38.7 Å². The fraction of sp³-hybridized carbons (Fsp3) is 0.379. The molecule has 2 amide bonds. The lowest BCUT2D eigenvalue weighted by Crippen LogP contribution is -2.39. The quantitative estimate of drug-likeness (QED) is 0.265. The molecule has 0 bridgehead atoms. The molecule has 4 rings (SSSR count). The van der Waals surface area contributed by atoms with Crippen molar-refractivity contribution in [1.29, 1.82) is 0 Å². The minimum absolute atomic E-state index is 0.158. The van der Waals surface area contributed by atoms with Gasteiger partial charge in [0, 0.05) is 16.0 Å². The molecule has 7 nitrogen and oxygen atoms in total. The number of nitrogens with zero attached hydrogens (tertiary/aromatic N) is 1. The number of benzene rings is 2. The average molecular weight is 570 g/mol. The summed E-state index contributed by atoms with van der Waals surface area (Å²) >= 11 is 3.41. The van der Waals surface area contributed by atoms with Crippen LogP contribution in [0.1, 0.15) is 38.2 Å². The molecule has 0 aromatic heterocycles. The first-order chi connectivity index (χ1) is 17.8. The Labute approximate surface area is 224 Å². The maximum absolute atomic E-state index is 13.4. The number of amides is 2. The van der Waals surface area contributed by atoms with Gasteiger partial charge in [0.25, 0.3) is 0 Å². The number of rotatable bonds is 9. The van der Waals surface area contributed by atoms with Crippen LogP contribution in [0.2, 0.25) is 0 Å². The van der Waals surface area contributed by atoms with Crippen molar-refractivity contribution in [1.82, 2.24) is 0 Å². The molecular formula is C29H32BrNO6. The first kappa shape index (κ1) is 27.3. The van der Waals surface area contributed by atoms with E-state index in [0.29, 0.717) is 41.7 Å². The molecule has 2 aromatic carbocycles. The second-order valence-corrected chi connectivity index (χ2v) is 10.5. The number of halogens is 1. The third-order valence-corrected chi connectivity index (χ3v) is 7.98. The van der Waals surface area contributed by atoms with Crippen LogP contribution >= 0.6 is 15.9 Å². The summed E-state index contributed by atoms with van der Waals surface area (Å²) in [6, 6.07) is 13.9. The molecule has 2 aliphatic rings. The Balaban J connectivity index is 1.58. The van der Waals surface area contributed by atoms with E-state index in [1.165, 1.54) is 4.90 Å². The molecule has 4 N–H and O–H groups in total. The Morgan fingerprint density at radius 1 is 1.14 bits per heavy atom. The Bertz CT molecular complexity index is 1220. The highest BCUT2D eigenvalue weighted by atomic mass is 79.9. The molecule has 0 unspecified atom stereocenters. The van der Waals surface area contributed by atoms with Gasteiger partial charge >= 0.3 is 0 Å². The number of imide groups is 1. The van der Waals surface area contributed by atoms with Crippen molar-refractivity contribution < 1.29 is 30.0 Å². The summed E-state index contributed by atoms with van der Waals surface area (Å²) in [6.45, 7) is 1.22. The predicted molar refractivity (Wildman–Crippen MR) is 145 cm³/mol. The van der Waals surface area contributed by atoms with Crippen molar-refractivity contribution in [2.24, 2.45) is 17.8 Å². The highest BCUT2D eigenvalue weighted by Gasteiger charge is 2.55. The van der Waals surface area contributed by atoms with Gasteiger partial charge < -0.3 is 20.4 Å². The second-order valence-electron chi connectivity index (χ2n) is 9.60. The summed E-state index contributed by atoms with van der Waals surface area (Å²) in [5.74, 6) is -2.81. The van der Waals surface area contributed by atoms with E-state index in [4.69, 9.17) is 0 Å². The molecule has 0 saturated carbocycles. The van der Waals surface area contributed by atoms with Gasteiger partial charge in [0.2, 0.25) is 11.8 Å². The first-order valence-corrected chi connectivity index (χ1v) is 13.3. The van der Waals surface area contributed by atoms with E-state index in [-0.39, 0.29) is 30.6 Å². The van der Waals surface area contributed by atoms with Crippen LogP contribution in [0.5, 0.6) is 5.75 Å². The van der Waals surface area contributed by atoms with Gasteiger partial charge in [-0.3, -0.25) is 14.5 Å². The molecule has 1 aliphatic heterocycles. The van der Waals surface area contributed by atoms with Crippen LogP contribution in [-0.4, -0.2) is 51.6 Å². The zero-order valence-electron chi connectivity index (χ0n) is 20.7. The highest BCUT2D eigenvalue weighted by molar-refractivity contribution is 9.10. The summed E-state index contributed by atoms with van der Waals surface area (Å²) in [7, 11) is 0. The number of carbonyl (C=O) groups excluding carboxylic acids is 2. The summed E-state index contributed by atoms with van der Waals surface area (Å²) in [6.07, 6.45) is 2.59. The van der Waals surface area contributed by atoms with Crippen molar-refractivity contribution in [3.05, 3.63) is 75.3 Å². The largest absolute Gasteiger partial charge is 0.507 e. The minimum atomic E-state index is -1.00. The summed E-state index contributed by atoms with van der Waals surface area (Å²) in [4.78, 5) is 27.9. The molecule has 1 aliphatic carbocycles. The lowest BCUT2D eigenvalue weighted by atomic mass is 9.68. The van der Waals surface area contributed by atoms with Gasteiger partial charge in [0.1, 0.15) is 5.75 Å². The van der Waals surface area contributed by atoms with E-state index < -0.39 is 30.5 Å². The maximum Gasteiger partial charge on any atom is 0.238 e. The van der Waals surface area contributed by atoms with E-state index in [0.717, 1.165) is 10.0 Å². The summed E-state index contributed by atoms with van der Waals surface area (Å²) in [5, 5.41) is 42.0. The SMILES string of the molecule is CC/C(=C\c1cc(Br)ccc1O)CC[C@@H](O)C1=C(CO)C[C@H]2C(=O)N(c3ccccc3)C(=O)[C@H]2[C@H]1CO. The zero-order chi connectivity index (χ0) is 26.7. The number of carbonyl (C=O) groups is 2. The fourth-order valence-corrected chi connectivity index (χ4v) is 6.01. The van der Waals surface area contributed by atoms with Crippen molar-refractivity contribution in [3.8, 4) is 5.75 Å². The van der Waals surface area contributed by atoms with Crippen LogP contribution in [0, 0.1) is 17.8 Å². The van der Waals surface area contributed by atoms with E-state index >= 15 is 0 Å². The Kier molecular flexibility index (Phi) is 8.64. The van der Waals surface area contributed by atoms with E-state index in [9.17, 15) is 30.0 Å². The number of allylic oxidation sites excluding steroid dienone is 1. The lowest BCUT2D eigenvalue weighted by Gasteiger charge is -2.36. The molecule has 37 heavy (non-hydrogen) atoms. The van der Waals surface area contributed by atoms with Crippen LogP contribution in [0.3, 0.4) is 0 Å². The monoisotopic (exact) mass is 569 g/mol. The second kappa shape index (κ2) is 11.7. The molecule has 0 spiro atoms. The topological polar surface area (TPSA) is 118 Å². The number of hydrogen-bond donors (Lipinski definition) is 4. The zero-order valence-corrected chi connectivity index (χ0v) is 22.3. The van der Waals surface area contributed by atoms with Gasteiger partial charge in [0.05, 0.1) is 36.8 Å². The molecule has 196 valence electrons. The number of fused-ring (bicyclic) bond motifs is 1. The molecule has 1 heterocycles. The molecule has 1 saturated heterocycles.